The van der Waals surface area contributed by atoms with E-state index in [0.29, 0.717) is 23.3 Å². The summed E-state index contributed by atoms with van der Waals surface area (Å²) in [5, 5.41) is 20.9. The van der Waals surface area contributed by atoms with Gasteiger partial charge in [-0.2, -0.15) is 10.4 Å². The van der Waals surface area contributed by atoms with E-state index in [1.165, 1.54) is 19.4 Å². The second-order valence-corrected chi connectivity index (χ2v) is 6.31. The van der Waals surface area contributed by atoms with Crippen LogP contribution < -0.4 is 5.32 Å². The minimum Gasteiger partial charge on any atom is -0.366 e. The number of nitrogens with zero attached hydrogens (tertiary/aromatic N) is 4. The fraction of sp³-hybridized carbons (Fsp3) is 0.688. The topological polar surface area (TPSA) is 64.8 Å². The number of likely N-dealkylation sites (tertiary alicyclic amines) is 1. The summed E-state index contributed by atoms with van der Waals surface area (Å²) in [7, 11) is 0. The van der Waals surface area contributed by atoms with Crippen LogP contribution in [0.1, 0.15) is 43.5 Å². The zero-order chi connectivity index (χ0) is 15.4. The Bertz CT molecular complexity index is 532. The molecule has 21 heavy (non-hydrogen) atoms. The molecule has 1 atom stereocenters. The Balaban J connectivity index is 2.03. The van der Waals surface area contributed by atoms with Gasteiger partial charge >= 0.3 is 0 Å². The Kier molecular flexibility index (Phi) is 5.13. The third kappa shape index (κ3) is 3.70. The average Bonchev–Trinajstić information content (AvgIpc) is 2.86. The molecule has 2 rings (SSSR count). The Labute approximate surface area is 127 Å². The molecule has 0 aromatic carbocycles. The number of hydrogen-bond donors (Lipinski definition) is 1. The molecule has 0 aliphatic carbocycles. The lowest BCUT2D eigenvalue weighted by Gasteiger charge is -2.26. The van der Waals surface area contributed by atoms with Crippen LogP contribution in [0.2, 0.25) is 0 Å². The fourth-order valence-electron chi connectivity index (χ4n) is 2.92. The SMILES string of the molecule is Cc1nnc(NC[C@H]2CCCN2CC(C)C)c(C#N)c1C. The lowest BCUT2D eigenvalue weighted by molar-refractivity contribution is 0.234. The molecule has 0 radical (unpaired) electrons. The molecule has 1 aromatic heterocycles. The minimum absolute atomic E-state index is 0.530. The van der Waals surface area contributed by atoms with Crippen LogP contribution in [0.15, 0.2) is 0 Å². The predicted octanol–water partition coefficient (Wildman–Crippen LogP) is 2.50. The number of aromatic nitrogens is 2. The summed E-state index contributed by atoms with van der Waals surface area (Å²) in [6, 6.07) is 2.77. The molecule has 0 bridgehead atoms. The molecular formula is C16H25N5. The van der Waals surface area contributed by atoms with E-state index in [0.717, 1.165) is 24.3 Å². The van der Waals surface area contributed by atoms with Crippen molar-refractivity contribution in [2.24, 2.45) is 5.92 Å². The summed E-state index contributed by atoms with van der Waals surface area (Å²) in [4.78, 5) is 2.54. The van der Waals surface area contributed by atoms with Crippen molar-refractivity contribution in [1.29, 1.82) is 5.26 Å². The average molecular weight is 287 g/mol. The number of nitrogens with one attached hydrogen (secondary N) is 1. The van der Waals surface area contributed by atoms with Gasteiger partial charge in [-0.3, -0.25) is 4.90 Å². The second-order valence-electron chi connectivity index (χ2n) is 6.31. The van der Waals surface area contributed by atoms with Crippen LogP contribution in [-0.2, 0) is 0 Å². The van der Waals surface area contributed by atoms with Crippen molar-refractivity contribution >= 4 is 5.82 Å². The summed E-state index contributed by atoms with van der Waals surface area (Å²) in [5.74, 6) is 1.30. The highest BCUT2D eigenvalue weighted by atomic mass is 15.2. The molecule has 0 saturated carbocycles. The van der Waals surface area contributed by atoms with Crippen molar-refractivity contribution in [3.05, 3.63) is 16.8 Å². The molecule has 5 heteroatoms. The molecule has 1 saturated heterocycles. The predicted molar refractivity (Wildman–Crippen MR) is 84.1 cm³/mol. The van der Waals surface area contributed by atoms with Gasteiger partial charge in [0.2, 0.25) is 0 Å². The molecule has 5 nitrogen and oxygen atoms in total. The van der Waals surface area contributed by atoms with E-state index in [4.69, 9.17) is 0 Å². The van der Waals surface area contributed by atoms with Crippen molar-refractivity contribution in [2.75, 3.05) is 25.0 Å². The van der Waals surface area contributed by atoms with Gasteiger partial charge in [0.25, 0.3) is 0 Å². The van der Waals surface area contributed by atoms with Gasteiger partial charge in [-0.15, -0.1) is 5.10 Å². The molecule has 114 valence electrons. The molecule has 0 spiro atoms. The third-order valence-electron chi connectivity index (χ3n) is 4.17. The first-order chi connectivity index (χ1) is 10.0. The molecule has 1 fully saturated rings. The highest BCUT2D eigenvalue weighted by Gasteiger charge is 2.25. The third-order valence-corrected chi connectivity index (χ3v) is 4.17. The highest BCUT2D eigenvalue weighted by Crippen LogP contribution is 2.21. The van der Waals surface area contributed by atoms with Gasteiger partial charge in [0, 0.05) is 19.1 Å². The van der Waals surface area contributed by atoms with Crippen LogP contribution >= 0.6 is 0 Å². The number of aryl methyl sites for hydroxylation is 1. The highest BCUT2D eigenvalue weighted by molar-refractivity contribution is 5.55. The van der Waals surface area contributed by atoms with E-state index in [1.807, 2.05) is 13.8 Å². The van der Waals surface area contributed by atoms with Crippen LogP contribution in [0.25, 0.3) is 0 Å². The summed E-state index contributed by atoms with van der Waals surface area (Å²) < 4.78 is 0. The van der Waals surface area contributed by atoms with Gasteiger partial charge in [0.05, 0.1) is 5.69 Å². The number of nitriles is 1. The first-order valence-electron chi connectivity index (χ1n) is 7.74. The van der Waals surface area contributed by atoms with Gasteiger partial charge in [-0.05, 0) is 44.7 Å². The minimum atomic E-state index is 0.530. The number of hydrogen-bond acceptors (Lipinski definition) is 5. The first kappa shape index (κ1) is 15.7. The van der Waals surface area contributed by atoms with Crippen LogP contribution in [0, 0.1) is 31.1 Å². The van der Waals surface area contributed by atoms with E-state index >= 15 is 0 Å². The van der Waals surface area contributed by atoms with E-state index < -0.39 is 0 Å². The maximum atomic E-state index is 9.32. The maximum absolute atomic E-state index is 9.32. The van der Waals surface area contributed by atoms with E-state index in [2.05, 4.69) is 40.3 Å². The van der Waals surface area contributed by atoms with Gasteiger partial charge < -0.3 is 5.32 Å². The first-order valence-corrected chi connectivity index (χ1v) is 7.74. The normalized spacial score (nSPS) is 19.0. The molecule has 1 aliphatic rings. The largest absolute Gasteiger partial charge is 0.366 e. The lowest BCUT2D eigenvalue weighted by Crippen LogP contribution is -2.37. The van der Waals surface area contributed by atoms with Gasteiger partial charge in [0.15, 0.2) is 5.82 Å². The Morgan fingerprint density at radius 2 is 2.14 bits per heavy atom. The summed E-state index contributed by atoms with van der Waals surface area (Å²) >= 11 is 0. The van der Waals surface area contributed by atoms with Crippen molar-refractivity contribution in [3.8, 4) is 6.07 Å². The standard InChI is InChI=1S/C16H25N5/c1-11(2)10-21-7-5-6-14(21)9-18-16-15(8-17)12(3)13(4)19-20-16/h11,14H,5-7,9-10H2,1-4H3,(H,18,20)/t14-/m1/s1. The Morgan fingerprint density at radius 1 is 1.38 bits per heavy atom. The van der Waals surface area contributed by atoms with Crippen molar-refractivity contribution in [3.63, 3.8) is 0 Å². The number of anilines is 1. The molecule has 1 aromatic rings. The van der Waals surface area contributed by atoms with Crippen LogP contribution in [0.5, 0.6) is 0 Å². The van der Waals surface area contributed by atoms with Gasteiger partial charge in [-0.25, -0.2) is 0 Å². The van der Waals surface area contributed by atoms with Crippen LogP contribution in [0.3, 0.4) is 0 Å². The Hall–Kier alpha value is -1.67. The zero-order valence-electron chi connectivity index (χ0n) is 13.5. The summed E-state index contributed by atoms with van der Waals surface area (Å²) in [5.41, 5.74) is 2.36. The van der Waals surface area contributed by atoms with Crippen molar-refractivity contribution in [2.45, 2.75) is 46.6 Å². The lowest BCUT2D eigenvalue weighted by atomic mass is 10.1. The van der Waals surface area contributed by atoms with Crippen molar-refractivity contribution in [1.82, 2.24) is 15.1 Å². The Morgan fingerprint density at radius 3 is 2.81 bits per heavy atom. The molecule has 0 amide bonds. The molecule has 1 aliphatic heterocycles. The van der Waals surface area contributed by atoms with Gasteiger partial charge in [0.1, 0.15) is 11.6 Å². The molecule has 0 unspecified atom stereocenters. The van der Waals surface area contributed by atoms with E-state index in [9.17, 15) is 5.26 Å². The fourth-order valence-corrected chi connectivity index (χ4v) is 2.92. The summed E-state index contributed by atoms with van der Waals surface area (Å²) in [6.45, 7) is 11.5. The molecule has 1 N–H and O–H groups in total. The van der Waals surface area contributed by atoms with Crippen LogP contribution in [0.4, 0.5) is 5.82 Å². The van der Waals surface area contributed by atoms with E-state index in [-0.39, 0.29) is 0 Å². The maximum Gasteiger partial charge on any atom is 0.166 e. The van der Waals surface area contributed by atoms with Crippen LogP contribution in [-0.4, -0.2) is 40.8 Å². The summed E-state index contributed by atoms with van der Waals surface area (Å²) in [6.07, 6.45) is 2.46. The quantitative estimate of drug-likeness (QED) is 0.901. The van der Waals surface area contributed by atoms with E-state index in [1.54, 1.807) is 0 Å². The van der Waals surface area contributed by atoms with Crippen molar-refractivity contribution < 1.29 is 0 Å². The molecule has 2 heterocycles. The zero-order valence-corrected chi connectivity index (χ0v) is 13.5. The number of rotatable bonds is 5. The smallest absolute Gasteiger partial charge is 0.166 e. The second kappa shape index (κ2) is 6.86. The monoisotopic (exact) mass is 287 g/mol. The molecular weight excluding hydrogens is 262 g/mol. The van der Waals surface area contributed by atoms with Gasteiger partial charge in [-0.1, -0.05) is 13.8 Å².